The van der Waals surface area contributed by atoms with E-state index in [4.69, 9.17) is 25.7 Å². The summed E-state index contributed by atoms with van der Waals surface area (Å²) in [6.07, 6.45) is -0.661. The zero-order chi connectivity index (χ0) is 21.7. The summed E-state index contributed by atoms with van der Waals surface area (Å²) >= 11 is 0. The molecule has 11 nitrogen and oxygen atoms in total. The zero-order valence-electron chi connectivity index (χ0n) is 16.7. The molecule has 1 aliphatic rings. The molecular formula is C18H28N4O7. The van der Waals surface area contributed by atoms with Crippen molar-refractivity contribution in [3.63, 3.8) is 0 Å². The van der Waals surface area contributed by atoms with Crippen molar-refractivity contribution in [3.8, 4) is 0 Å². The number of ether oxygens (including phenoxy) is 3. The first-order valence-corrected chi connectivity index (χ1v) is 9.37. The number of hydrogen-bond acceptors (Lipinski definition) is 10. The number of nitrogens with two attached hydrogens (primary N) is 2. The molecule has 1 fully saturated rings. The summed E-state index contributed by atoms with van der Waals surface area (Å²) in [7, 11) is 0. The number of esters is 2. The van der Waals surface area contributed by atoms with Crippen molar-refractivity contribution in [2.24, 2.45) is 17.6 Å². The maximum absolute atomic E-state index is 12.1. The minimum absolute atomic E-state index is 0.0918. The Bertz CT molecular complexity index is 782. The summed E-state index contributed by atoms with van der Waals surface area (Å²) in [6.45, 7) is 4.52. The molecule has 5 N–H and O–H groups in total. The summed E-state index contributed by atoms with van der Waals surface area (Å²) in [5.74, 6) is -1.85. The van der Waals surface area contributed by atoms with E-state index in [0.29, 0.717) is 6.42 Å². The van der Waals surface area contributed by atoms with Crippen molar-refractivity contribution in [3.05, 3.63) is 22.7 Å². The van der Waals surface area contributed by atoms with E-state index < -0.39 is 42.1 Å². The van der Waals surface area contributed by atoms with Crippen LogP contribution in [0.4, 0.5) is 5.82 Å². The third kappa shape index (κ3) is 5.75. The minimum atomic E-state index is -1.14. The Morgan fingerprint density at radius 2 is 2.07 bits per heavy atom. The van der Waals surface area contributed by atoms with Gasteiger partial charge in [-0.1, -0.05) is 13.8 Å². The van der Waals surface area contributed by atoms with Gasteiger partial charge in [0.2, 0.25) is 0 Å². The maximum Gasteiger partial charge on any atom is 0.351 e. The third-order valence-corrected chi connectivity index (χ3v) is 4.76. The Morgan fingerprint density at radius 1 is 1.38 bits per heavy atom. The molecule has 0 saturated carbocycles. The molecule has 5 atom stereocenters. The van der Waals surface area contributed by atoms with Crippen LogP contribution in [0, 0.1) is 11.8 Å². The van der Waals surface area contributed by atoms with Crippen LogP contribution in [0.15, 0.2) is 17.1 Å². The van der Waals surface area contributed by atoms with Crippen LogP contribution in [0.3, 0.4) is 0 Å². The van der Waals surface area contributed by atoms with E-state index in [1.54, 1.807) is 13.8 Å². The highest BCUT2D eigenvalue weighted by Gasteiger charge is 2.37. The molecule has 29 heavy (non-hydrogen) atoms. The van der Waals surface area contributed by atoms with Crippen LogP contribution in [0.2, 0.25) is 0 Å². The molecule has 2 unspecified atom stereocenters. The van der Waals surface area contributed by atoms with Gasteiger partial charge in [-0.25, -0.2) is 9.59 Å². The molecule has 0 aromatic carbocycles. The van der Waals surface area contributed by atoms with E-state index >= 15 is 0 Å². The van der Waals surface area contributed by atoms with Gasteiger partial charge in [-0.05, 0) is 18.9 Å². The fraction of sp³-hybridized carbons (Fsp3) is 0.667. The first-order valence-electron chi connectivity index (χ1n) is 9.37. The van der Waals surface area contributed by atoms with Crippen molar-refractivity contribution in [2.75, 3.05) is 18.9 Å². The molecule has 0 bridgehead atoms. The van der Waals surface area contributed by atoms with Crippen molar-refractivity contribution < 1.29 is 28.9 Å². The second kappa shape index (κ2) is 9.81. The molecule has 0 amide bonds. The smallest absolute Gasteiger partial charge is 0.351 e. The van der Waals surface area contributed by atoms with Gasteiger partial charge >= 0.3 is 17.6 Å². The average molecular weight is 412 g/mol. The third-order valence-electron chi connectivity index (χ3n) is 4.76. The minimum Gasteiger partial charge on any atom is -0.460 e. The van der Waals surface area contributed by atoms with E-state index in [1.165, 1.54) is 23.8 Å². The largest absolute Gasteiger partial charge is 0.460 e. The van der Waals surface area contributed by atoms with E-state index in [0.717, 1.165) is 0 Å². The first kappa shape index (κ1) is 22.8. The van der Waals surface area contributed by atoms with E-state index in [2.05, 4.69) is 4.98 Å². The molecule has 1 aromatic heterocycles. The lowest BCUT2D eigenvalue weighted by Crippen LogP contribution is -2.40. The van der Waals surface area contributed by atoms with Gasteiger partial charge in [0, 0.05) is 25.1 Å². The number of aromatic nitrogens is 2. The summed E-state index contributed by atoms with van der Waals surface area (Å²) < 4.78 is 17.2. The molecule has 0 spiro atoms. The fourth-order valence-electron chi connectivity index (χ4n) is 2.83. The van der Waals surface area contributed by atoms with E-state index in [9.17, 15) is 19.5 Å². The molecule has 162 valence electrons. The van der Waals surface area contributed by atoms with Crippen molar-refractivity contribution >= 4 is 17.8 Å². The number of rotatable bonds is 8. The van der Waals surface area contributed by atoms with Gasteiger partial charge in [0.05, 0.1) is 6.10 Å². The number of hydrogen-bond donors (Lipinski definition) is 3. The second-order valence-corrected chi connectivity index (χ2v) is 7.33. The Morgan fingerprint density at radius 3 is 2.66 bits per heavy atom. The Labute approximate surface area is 167 Å². The number of carbonyl (C=O) groups is 2. The van der Waals surface area contributed by atoms with Crippen LogP contribution in [0.5, 0.6) is 0 Å². The lowest BCUT2D eigenvalue weighted by Gasteiger charge is -2.20. The second-order valence-electron chi connectivity index (χ2n) is 7.33. The normalized spacial score (nSPS) is 23.6. The lowest BCUT2D eigenvalue weighted by molar-refractivity contribution is -0.171. The predicted molar refractivity (Wildman–Crippen MR) is 101 cm³/mol. The molecule has 0 radical (unpaired) electrons. The Balaban J connectivity index is 1.92. The highest BCUT2D eigenvalue weighted by Crippen LogP contribution is 2.32. The summed E-state index contributed by atoms with van der Waals surface area (Å²) in [4.78, 5) is 39.6. The molecule has 0 aliphatic carbocycles. The number of anilines is 1. The first-order chi connectivity index (χ1) is 13.6. The van der Waals surface area contributed by atoms with Crippen LogP contribution in [-0.2, 0) is 23.8 Å². The molecule has 1 aromatic rings. The van der Waals surface area contributed by atoms with Crippen molar-refractivity contribution in [1.29, 1.82) is 0 Å². The highest BCUT2D eigenvalue weighted by atomic mass is 16.6. The Hall–Kier alpha value is -2.50. The monoisotopic (exact) mass is 412 g/mol. The van der Waals surface area contributed by atoms with Crippen LogP contribution < -0.4 is 17.2 Å². The number of aliphatic hydroxyl groups excluding tert-OH is 1. The standard InChI is InChI=1S/C18H28N4O7/c1-9(2)15(20)17(25)28-10(3)16(24)27-8-12-11(7-23)6-14(29-12)22-5-4-13(19)21-18(22)26/h4-5,9-12,14-15,23H,6-8,20H2,1-3H3,(H2,19,21,26)/t10?,11-,12-,14-,15?/m1/s1. The van der Waals surface area contributed by atoms with E-state index in [1.807, 2.05) is 0 Å². The summed E-state index contributed by atoms with van der Waals surface area (Å²) in [5, 5.41) is 9.59. The zero-order valence-corrected chi connectivity index (χ0v) is 16.7. The quantitative estimate of drug-likeness (QED) is 0.458. The van der Waals surface area contributed by atoms with E-state index in [-0.39, 0.29) is 30.9 Å². The van der Waals surface area contributed by atoms with Gasteiger partial charge in [-0.3, -0.25) is 9.36 Å². The van der Waals surface area contributed by atoms with Crippen LogP contribution in [0.1, 0.15) is 33.4 Å². The Kier molecular flexibility index (Phi) is 7.71. The van der Waals surface area contributed by atoms with Gasteiger partial charge in [0.1, 0.15) is 24.7 Å². The lowest BCUT2D eigenvalue weighted by atomic mass is 10.0. The van der Waals surface area contributed by atoms with Gasteiger partial charge < -0.3 is 30.8 Å². The van der Waals surface area contributed by atoms with Crippen LogP contribution in [0.25, 0.3) is 0 Å². The van der Waals surface area contributed by atoms with Crippen molar-refractivity contribution in [1.82, 2.24) is 9.55 Å². The predicted octanol–water partition coefficient (Wildman–Crippen LogP) is -0.820. The number of aliphatic hydroxyl groups is 1. The molecule has 2 rings (SSSR count). The molecule has 11 heteroatoms. The highest BCUT2D eigenvalue weighted by molar-refractivity contribution is 5.81. The molecular weight excluding hydrogens is 384 g/mol. The molecule has 1 aliphatic heterocycles. The van der Waals surface area contributed by atoms with Gasteiger partial charge in [0.25, 0.3) is 0 Å². The fourth-order valence-corrected chi connectivity index (χ4v) is 2.83. The number of nitrogen functional groups attached to an aromatic ring is 1. The SMILES string of the molecule is CC(OC(=O)C(N)C(C)C)C(=O)OC[C@H]1O[C@@H](n2ccc(N)nc2=O)C[C@@H]1CO. The number of nitrogens with zero attached hydrogens (tertiary/aromatic N) is 2. The van der Waals surface area contributed by atoms with Gasteiger partial charge in [-0.15, -0.1) is 0 Å². The van der Waals surface area contributed by atoms with Gasteiger partial charge in [-0.2, -0.15) is 4.98 Å². The molecule has 1 saturated heterocycles. The molecule has 2 heterocycles. The van der Waals surface area contributed by atoms with Crippen molar-refractivity contribution in [2.45, 2.75) is 51.7 Å². The number of carbonyl (C=O) groups excluding carboxylic acids is 2. The van der Waals surface area contributed by atoms with Crippen LogP contribution >= 0.6 is 0 Å². The van der Waals surface area contributed by atoms with Gasteiger partial charge in [0.15, 0.2) is 6.10 Å². The summed E-state index contributed by atoms with van der Waals surface area (Å²) in [5.41, 5.74) is 10.6. The van der Waals surface area contributed by atoms with Crippen LogP contribution in [-0.4, -0.2) is 58.1 Å². The maximum atomic E-state index is 12.1. The topological polar surface area (TPSA) is 169 Å². The average Bonchev–Trinajstić information content (AvgIpc) is 3.07. The summed E-state index contributed by atoms with van der Waals surface area (Å²) in [6, 6.07) is 0.624.